The van der Waals surface area contributed by atoms with Gasteiger partial charge in [-0.05, 0) is 37.6 Å². The second kappa shape index (κ2) is 3.88. The summed E-state index contributed by atoms with van der Waals surface area (Å²) in [5.41, 5.74) is 3.52. The van der Waals surface area contributed by atoms with Gasteiger partial charge in [0.15, 0.2) is 0 Å². The van der Waals surface area contributed by atoms with Gasteiger partial charge in [0, 0.05) is 11.3 Å². The second-order valence-electron chi connectivity index (χ2n) is 4.45. The molecule has 0 radical (unpaired) electrons. The summed E-state index contributed by atoms with van der Waals surface area (Å²) in [7, 11) is 0. The minimum atomic E-state index is -0.0806. The highest BCUT2D eigenvalue weighted by Gasteiger charge is 2.23. The van der Waals surface area contributed by atoms with E-state index < -0.39 is 0 Å². The van der Waals surface area contributed by atoms with Gasteiger partial charge in [0.1, 0.15) is 11.5 Å². The molecule has 3 nitrogen and oxygen atoms in total. The number of anilines is 1. The molecule has 1 aromatic heterocycles. The lowest BCUT2D eigenvalue weighted by Crippen LogP contribution is -2.03. The van der Waals surface area contributed by atoms with E-state index in [4.69, 9.17) is 4.42 Å². The number of hydrogen-bond acceptors (Lipinski definition) is 2. The normalized spacial score (nSPS) is 15.9. The molecule has 3 rings (SSSR count). The van der Waals surface area contributed by atoms with E-state index in [2.05, 4.69) is 5.32 Å². The molecule has 0 unspecified atom stereocenters. The maximum absolute atomic E-state index is 11.9. The standard InChI is InChI=1S/C15H13NO2/c1-9-7-11(18-10(9)2)8-13-12-5-3-4-6-14(12)16-15(13)17/h3-8H,1-2H3,(H,16,17)/b13-8+. The zero-order valence-electron chi connectivity index (χ0n) is 10.3. The lowest BCUT2D eigenvalue weighted by molar-refractivity contribution is -0.110. The van der Waals surface area contributed by atoms with Crippen LogP contribution in [0.5, 0.6) is 0 Å². The molecule has 0 bridgehead atoms. The molecule has 0 saturated carbocycles. The van der Waals surface area contributed by atoms with Crippen molar-refractivity contribution in [3.8, 4) is 0 Å². The Bertz CT molecular complexity index is 645. The monoisotopic (exact) mass is 239 g/mol. The third-order valence-corrected chi connectivity index (χ3v) is 3.18. The highest BCUT2D eigenvalue weighted by Crippen LogP contribution is 2.33. The van der Waals surface area contributed by atoms with Crippen LogP contribution in [0.2, 0.25) is 0 Å². The molecule has 1 aliphatic rings. The first-order valence-corrected chi connectivity index (χ1v) is 5.84. The Morgan fingerprint density at radius 1 is 1.22 bits per heavy atom. The fourth-order valence-corrected chi connectivity index (χ4v) is 2.10. The van der Waals surface area contributed by atoms with Crippen molar-refractivity contribution in [1.82, 2.24) is 0 Å². The Hall–Kier alpha value is -2.29. The van der Waals surface area contributed by atoms with Crippen LogP contribution in [0.25, 0.3) is 11.6 Å². The number of benzene rings is 1. The van der Waals surface area contributed by atoms with Crippen LogP contribution in [-0.4, -0.2) is 5.91 Å². The third kappa shape index (κ3) is 1.64. The van der Waals surface area contributed by atoms with Crippen LogP contribution in [0.1, 0.15) is 22.6 Å². The molecule has 2 aromatic rings. The Morgan fingerprint density at radius 2 is 2.00 bits per heavy atom. The average molecular weight is 239 g/mol. The Kier molecular flexibility index (Phi) is 2.33. The lowest BCUT2D eigenvalue weighted by atomic mass is 10.1. The van der Waals surface area contributed by atoms with Crippen LogP contribution in [0.15, 0.2) is 34.7 Å². The van der Waals surface area contributed by atoms with E-state index in [9.17, 15) is 4.79 Å². The molecule has 0 atom stereocenters. The van der Waals surface area contributed by atoms with Crippen molar-refractivity contribution in [2.45, 2.75) is 13.8 Å². The predicted octanol–water partition coefficient (Wildman–Crippen LogP) is 3.39. The number of carbonyl (C=O) groups excluding carboxylic acids is 1. The number of para-hydroxylation sites is 1. The van der Waals surface area contributed by atoms with Crippen LogP contribution in [0.4, 0.5) is 5.69 Å². The summed E-state index contributed by atoms with van der Waals surface area (Å²) >= 11 is 0. The molecule has 1 amide bonds. The number of fused-ring (bicyclic) bond motifs is 1. The van der Waals surface area contributed by atoms with Crippen molar-refractivity contribution in [3.05, 3.63) is 53.0 Å². The van der Waals surface area contributed by atoms with E-state index >= 15 is 0 Å². The van der Waals surface area contributed by atoms with Crippen LogP contribution >= 0.6 is 0 Å². The molecule has 18 heavy (non-hydrogen) atoms. The summed E-state index contributed by atoms with van der Waals surface area (Å²) in [4.78, 5) is 11.9. The summed E-state index contributed by atoms with van der Waals surface area (Å²) in [6.07, 6.45) is 1.79. The molecule has 0 fully saturated rings. The molecular formula is C15H13NO2. The van der Waals surface area contributed by atoms with E-state index in [1.54, 1.807) is 6.08 Å². The van der Waals surface area contributed by atoms with E-state index in [0.717, 1.165) is 22.6 Å². The molecule has 90 valence electrons. The van der Waals surface area contributed by atoms with Gasteiger partial charge in [0.25, 0.3) is 5.91 Å². The smallest absolute Gasteiger partial charge is 0.256 e. The van der Waals surface area contributed by atoms with Crippen molar-refractivity contribution >= 4 is 23.2 Å². The minimum Gasteiger partial charge on any atom is -0.462 e. The highest BCUT2D eigenvalue weighted by atomic mass is 16.3. The molecular weight excluding hydrogens is 226 g/mol. The van der Waals surface area contributed by atoms with Gasteiger partial charge in [-0.25, -0.2) is 0 Å². The fraction of sp³-hybridized carbons (Fsp3) is 0.133. The Morgan fingerprint density at radius 3 is 2.72 bits per heavy atom. The van der Waals surface area contributed by atoms with Crippen molar-refractivity contribution < 1.29 is 9.21 Å². The number of rotatable bonds is 1. The molecule has 0 saturated heterocycles. The number of carbonyl (C=O) groups is 1. The maximum atomic E-state index is 11.9. The Balaban J connectivity index is 2.09. The number of aryl methyl sites for hydroxylation is 2. The molecule has 1 N–H and O–H groups in total. The summed E-state index contributed by atoms with van der Waals surface area (Å²) in [5.74, 6) is 1.52. The van der Waals surface area contributed by atoms with Gasteiger partial charge in [-0.3, -0.25) is 4.79 Å². The highest BCUT2D eigenvalue weighted by molar-refractivity contribution is 6.34. The Labute approximate surface area is 105 Å². The zero-order chi connectivity index (χ0) is 12.7. The van der Waals surface area contributed by atoms with Gasteiger partial charge in [-0.15, -0.1) is 0 Å². The SMILES string of the molecule is Cc1cc(/C=C2/C(=O)Nc3ccccc32)oc1C. The van der Waals surface area contributed by atoms with Gasteiger partial charge in [0.05, 0.1) is 5.57 Å². The largest absolute Gasteiger partial charge is 0.462 e. The van der Waals surface area contributed by atoms with Crippen LogP contribution in [0.3, 0.4) is 0 Å². The molecule has 0 spiro atoms. The molecule has 1 aliphatic heterocycles. The topological polar surface area (TPSA) is 42.2 Å². The number of furan rings is 1. The number of hydrogen-bond donors (Lipinski definition) is 1. The fourth-order valence-electron chi connectivity index (χ4n) is 2.10. The summed E-state index contributed by atoms with van der Waals surface area (Å²) in [5, 5.41) is 2.84. The first-order chi connectivity index (χ1) is 8.65. The molecule has 2 heterocycles. The average Bonchev–Trinajstić information content (AvgIpc) is 2.82. The van der Waals surface area contributed by atoms with E-state index in [-0.39, 0.29) is 5.91 Å². The van der Waals surface area contributed by atoms with E-state index in [1.807, 2.05) is 44.2 Å². The first kappa shape index (κ1) is 10.8. The predicted molar refractivity (Wildman–Crippen MR) is 71.1 cm³/mol. The van der Waals surface area contributed by atoms with E-state index in [1.165, 1.54) is 0 Å². The number of nitrogens with one attached hydrogen (secondary N) is 1. The summed E-state index contributed by atoms with van der Waals surface area (Å²) < 4.78 is 5.58. The quantitative estimate of drug-likeness (QED) is 0.775. The molecule has 0 aliphatic carbocycles. The van der Waals surface area contributed by atoms with Crippen LogP contribution in [-0.2, 0) is 4.79 Å². The molecule has 3 heteroatoms. The molecule has 1 aromatic carbocycles. The summed E-state index contributed by atoms with van der Waals surface area (Å²) in [6.45, 7) is 3.91. The van der Waals surface area contributed by atoms with Gasteiger partial charge >= 0.3 is 0 Å². The maximum Gasteiger partial charge on any atom is 0.256 e. The third-order valence-electron chi connectivity index (χ3n) is 3.18. The second-order valence-corrected chi connectivity index (χ2v) is 4.45. The van der Waals surface area contributed by atoms with Gasteiger partial charge < -0.3 is 9.73 Å². The van der Waals surface area contributed by atoms with Gasteiger partial charge in [0.2, 0.25) is 0 Å². The van der Waals surface area contributed by atoms with Crippen molar-refractivity contribution in [3.63, 3.8) is 0 Å². The van der Waals surface area contributed by atoms with Crippen molar-refractivity contribution in [2.24, 2.45) is 0 Å². The van der Waals surface area contributed by atoms with E-state index in [0.29, 0.717) is 11.3 Å². The van der Waals surface area contributed by atoms with Crippen molar-refractivity contribution in [1.29, 1.82) is 0 Å². The van der Waals surface area contributed by atoms with Crippen LogP contribution < -0.4 is 5.32 Å². The minimum absolute atomic E-state index is 0.0806. The lowest BCUT2D eigenvalue weighted by Gasteiger charge is -1.95. The van der Waals surface area contributed by atoms with Gasteiger partial charge in [-0.1, -0.05) is 18.2 Å². The number of amides is 1. The van der Waals surface area contributed by atoms with Gasteiger partial charge in [-0.2, -0.15) is 0 Å². The first-order valence-electron chi connectivity index (χ1n) is 5.84. The van der Waals surface area contributed by atoms with Crippen molar-refractivity contribution in [2.75, 3.05) is 5.32 Å². The van der Waals surface area contributed by atoms with Crippen LogP contribution in [0, 0.1) is 13.8 Å². The zero-order valence-corrected chi connectivity index (χ0v) is 10.3. The summed E-state index contributed by atoms with van der Waals surface area (Å²) in [6, 6.07) is 9.60.